The smallest absolute Gasteiger partial charge is 0.237 e. The highest BCUT2D eigenvalue weighted by atomic mass is 79.9. The van der Waals surface area contributed by atoms with Gasteiger partial charge in [-0.05, 0) is 48.8 Å². The zero-order valence-electron chi connectivity index (χ0n) is 9.71. The summed E-state index contributed by atoms with van der Waals surface area (Å²) in [4.78, 5) is 12.8. The van der Waals surface area contributed by atoms with E-state index in [1.807, 2.05) is 26.8 Å². The normalized spacial score (nSPS) is 12.8. The summed E-state index contributed by atoms with van der Waals surface area (Å²) >= 11 is 5.09. The third-order valence-electron chi connectivity index (χ3n) is 2.04. The van der Waals surface area contributed by atoms with Crippen LogP contribution in [0.25, 0.3) is 0 Å². The Hall–Kier alpha value is -0.390. The van der Waals surface area contributed by atoms with Gasteiger partial charge < -0.3 is 10.6 Å². The summed E-state index contributed by atoms with van der Waals surface area (Å²) in [6, 6.07) is 4.09. The molecule has 3 nitrogen and oxygen atoms in total. The van der Waals surface area contributed by atoms with Gasteiger partial charge in [0, 0.05) is 17.5 Å². The van der Waals surface area contributed by atoms with Crippen LogP contribution in [-0.2, 0) is 11.3 Å². The summed E-state index contributed by atoms with van der Waals surface area (Å²) in [7, 11) is 0. The Morgan fingerprint density at radius 3 is 2.62 bits per heavy atom. The Kier molecular flexibility index (Phi) is 5.44. The van der Waals surface area contributed by atoms with E-state index in [9.17, 15) is 4.79 Å². The lowest BCUT2D eigenvalue weighted by Crippen LogP contribution is -2.44. The summed E-state index contributed by atoms with van der Waals surface area (Å²) in [6.45, 7) is 6.52. The molecule has 0 saturated carbocycles. The molecule has 0 aliphatic rings. The third kappa shape index (κ3) is 4.63. The highest BCUT2D eigenvalue weighted by Crippen LogP contribution is 2.21. The lowest BCUT2D eigenvalue weighted by Gasteiger charge is -2.15. The van der Waals surface area contributed by atoms with Gasteiger partial charge in [-0.3, -0.25) is 4.79 Å². The summed E-state index contributed by atoms with van der Waals surface area (Å²) in [5.41, 5.74) is 0. The lowest BCUT2D eigenvalue weighted by atomic mass is 10.2. The Labute approximate surface area is 109 Å². The van der Waals surface area contributed by atoms with Crippen molar-refractivity contribution in [1.29, 1.82) is 0 Å². The van der Waals surface area contributed by atoms with Crippen LogP contribution in [0.15, 0.2) is 15.9 Å². The summed E-state index contributed by atoms with van der Waals surface area (Å²) in [5.74, 6) is 0.0469. The standard InChI is InChI=1S/C11H17BrN2OS/c1-7(2)14-11(15)8(3)13-6-9-4-5-10(12)16-9/h4-5,7-8,13H,6H2,1-3H3,(H,14,15). The number of rotatable bonds is 5. The first-order valence-electron chi connectivity index (χ1n) is 5.27. The first-order chi connectivity index (χ1) is 7.49. The Balaban J connectivity index is 2.34. The molecule has 0 aromatic carbocycles. The van der Waals surface area contributed by atoms with Gasteiger partial charge in [-0.1, -0.05) is 0 Å². The average molecular weight is 305 g/mol. The average Bonchev–Trinajstić information content (AvgIpc) is 2.59. The maximum Gasteiger partial charge on any atom is 0.237 e. The van der Waals surface area contributed by atoms with Crippen LogP contribution >= 0.6 is 27.3 Å². The molecule has 0 radical (unpaired) electrons. The van der Waals surface area contributed by atoms with Gasteiger partial charge in [-0.25, -0.2) is 0 Å². The van der Waals surface area contributed by atoms with E-state index in [0.717, 1.165) is 10.3 Å². The van der Waals surface area contributed by atoms with Crippen molar-refractivity contribution in [1.82, 2.24) is 10.6 Å². The van der Waals surface area contributed by atoms with E-state index in [1.54, 1.807) is 11.3 Å². The number of hydrogen-bond acceptors (Lipinski definition) is 3. The number of hydrogen-bond donors (Lipinski definition) is 2. The molecule has 0 aliphatic heterocycles. The van der Waals surface area contributed by atoms with Crippen LogP contribution in [0.4, 0.5) is 0 Å². The summed E-state index contributed by atoms with van der Waals surface area (Å²) in [6.07, 6.45) is 0. The zero-order valence-corrected chi connectivity index (χ0v) is 12.1. The van der Waals surface area contributed by atoms with Gasteiger partial charge >= 0.3 is 0 Å². The molecule has 1 amide bonds. The summed E-state index contributed by atoms with van der Waals surface area (Å²) in [5, 5.41) is 6.07. The second kappa shape index (κ2) is 6.37. The van der Waals surface area contributed by atoms with Gasteiger partial charge in [0.2, 0.25) is 5.91 Å². The molecule has 1 aromatic rings. The van der Waals surface area contributed by atoms with Crippen LogP contribution in [0.3, 0.4) is 0 Å². The van der Waals surface area contributed by atoms with E-state index in [4.69, 9.17) is 0 Å². The first-order valence-corrected chi connectivity index (χ1v) is 6.88. The van der Waals surface area contributed by atoms with Crippen LogP contribution in [0.1, 0.15) is 25.6 Å². The van der Waals surface area contributed by atoms with Gasteiger partial charge in [-0.15, -0.1) is 11.3 Å². The van der Waals surface area contributed by atoms with Crippen molar-refractivity contribution in [2.75, 3.05) is 0 Å². The number of carbonyl (C=O) groups excluding carboxylic acids is 1. The van der Waals surface area contributed by atoms with Crippen molar-refractivity contribution in [2.45, 2.75) is 39.4 Å². The van der Waals surface area contributed by atoms with Gasteiger partial charge in [-0.2, -0.15) is 0 Å². The van der Waals surface area contributed by atoms with Crippen LogP contribution in [0.2, 0.25) is 0 Å². The fraction of sp³-hybridized carbons (Fsp3) is 0.545. The molecule has 2 N–H and O–H groups in total. The number of thiophene rings is 1. The molecule has 90 valence electrons. The number of nitrogens with one attached hydrogen (secondary N) is 2. The SMILES string of the molecule is CC(C)NC(=O)C(C)NCc1ccc(Br)s1. The predicted octanol–water partition coefficient (Wildman–Crippen LogP) is 2.51. The molecule has 1 atom stereocenters. The maximum absolute atomic E-state index is 11.6. The molecule has 1 rings (SSSR count). The monoisotopic (exact) mass is 304 g/mol. The van der Waals surface area contributed by atoms with Crippen LogP contribution in [0, 0.1) is 0 Å². The topological polar surface area (TPSA) is 41.1 Å². The molecule has 1 unspecified atom stereocenters. The van der Waals surface area contributed by atoms with Gasteiger partial charge in [0.15, 0.2) is 0 Å². The molecule has 5 heteroatoms. The molecule has 1 aromatic heterocycles. The highest BCUT2D eigenvalue weighted by Gasteiger charge is 2.12. The fourth-order valence-corrected chi connectivity index (χ4v) is 2.64. The molecule has 0 spiro atoms. The van der Waals surface area contributed by atoms with Gasteiger partial charge in [0.1, 0.15) is 0 Å². The van der Waals surface area contributed by atoms with Crippen LogP contribution in [-0.4, -0.2) is 18.0 Å². The van der Waals surface area contributed by atoms with E-state index in [1.165, 1.54) is 4.88 Å². The van der Waals surface area contributed by atoms with E-state index in [-0.39, 0.29) is 18.0 Å². The quantitative estimate of drug-likeness (QED) is 0.877. The second-order valence-corrected chi connectivity index (χ2v) is 6.52. The minimum absolute atomic E-state index is 0.0469. The van der Waals surface area contributed by atoms with Crippen molar-refractivity contribution in [2.24, 2.45) is 0 Å². The zero-order chi connectivity index (χ0) is 12.1. The molecule has 0 bridgehead atoms. The molecule has 0 saturated heterocycles. The van der Waals surface area contributed by atoms with E-state index >= 15 is 0 Å². The molecule has 16 heavy (non-hydrogen) atoms. The molecular weight excluding hydrogens is 288 g/mol. The summed E-state index contributed by atoms with van der Waals surface area (Å²) < 4.78 is 1.11. The maximum atomic E-state index is 11.6. The first kappa shape index (κ1) is 13.7. The number of amides is 1. The molecular formula is C11H17BrN2OS. The molecule has 0 aliphatic carbocycles. The van der Waals surface area contributed by atoms with Crippen LogP contribution in [0.5, 0.6) is 0 Å². The van der Waals surface area contributed by atoms with Gasteiger partial charge in [0.25, 0.3) is 0 Å². The van der Waals surface area contributed by atoms with E-state index < -0.39 is 0 Å². The predicted molar refractivity (Wildman–Crippen MR) is 71.6 cm³/mol. The van der Waals surface area contributed by atoms with Crippen molar-refractivity contribution in [3.63, 3.8) is 0 Å². The Morgan fingerprint density at radius 2 is 2.12 bits per heavy atom. The van der Waals surface area contributed by atoms with Crippen molar-refractivity contribution >= 4 is 33.2 Å². The lowest BCUT2D eigenvalue weighted by molar-refractivity contribution is -0.123. The Bertz CT molecular complexity index is 352. The van der Waals surface area contributed by atoms with E-state index in [0.29, 0.717) is 0 Å². The number of carbonyl (C=O) groups is 1. The highest BCUT2D eigenvalue weighted by molar-refractivity contribution is 9.11. The molecule has 0 fully saturated rings. The van der Waals surface area contributed by atoms with Crippen molar-refractivity contribution < 1.29 is 4.79 Å². The van der Waals surface area contributed by atoms with E-state index in [2.05, 4.69) is 32.6 Å². The Morgan fingerprint density at radius 1 is 1.44 bits per heavy atom. The van der Waals surface area contributed by atoms with Gasteiger partial charge in [0.05, 0.1) is 9.83 Å². The van der Waals surface area contributed by atoms with Crippen LogP contribution < -0.4 is 10.6 Å². The minimum atomic E-state index is -0.164. The molecule has 1 heterocycles. The fourth-order valence-electron chi connectivity index (χ4n) is 1.20. The third-order valence-corrected chi connectivity index (χ3v) is 3.66. The van der Waals surface area contributed by atoms with Crippen molar-refractivity contribution in [3.05, 3.63) is 20.8 Å². The minimum Gasteiger partial charge on any atom is -0.353 e. The largest absolute Gasteiger partial charge is 0.353 e. The van der Waals surface area contributed by atoms with Crippen molar-refractivity contribution in [3.8, 4) is 0 Å². The second-order valence-electron chi connectivity index (χ2n) is 3.97. The number of halogens is 1.